The van der Waals surface area contributed by atoms with Crippen molar-refractivity contribution in [3.8, 4) is 5.75 Å². The molecule has 0 saturated carbocycles. The molecule has 0 radical (unpaired) electrons. The number of ether oxygens (including phenoxy) is 1. The van der Waals surface area contributed by atoms with Gasteiger partial charge < -0.3 is 15.4 Å². The molecular formula is C27H30N2O3. The van der Waals surface area contributed by atoms with Crippen LogP contribution in [0.15, 0.2) is 66.7 Å². The number of anilines is 2. The van der Waals surface area contributed by atoms with E-state index >= 15 is 0 Å². The highest BCUT2D eigenvalue weighted by atomic mass is 16.5. The number of aryl methyl sites for hydroxylation is 2. The molecule has 0 heterocycles. The Bertz CT molecular complexity index is 1100. The number of hydrogen-bond acceptors (Lipinski definition) is 3. The van der Waals surface area contributed by atoms with Crippen LogP contribution in [0.3, 0.4) is 0 Å². The van der Waals surface area contributed by atoms with Gasteiger partial charge in [0.05, 0.1) is 0 Å². The quantitative estimate of drug-likeness (QED) is 0.514. The molecule has 3 rings (SSSR count). The zero-order valence-electron chi connectivity index (χ0n) is 19.3. The molecule has 0 aliphatic carbocycles. The van der Waals surface area contributed by atoms with Crippen LogP contribution in [0, 0.1) is 13.8 Å². The summed E-state index contributed by atoms with van der Waals surface area (Å²) in [5.74, 6) is 0.277. The topological polar surface area (TPSA) is 67.4 Å². The van der Waals surface area contributed by atoms with Gasteiger partial charge in [-0.2, -0.15) is 0 Å². The smallest absolute Gasteiger partial charge is 0.262 e. The minimum atomic E-state index is -0.248. The molecule has 32 heavy (non-hydrogen) atoms. The molecule has 0 aromatic heterocycles. The second-order valence-electron chi connectivity index (χ2n) is 8.96. The van der Waals surface area contributed by atoms with E-state index in [4.69, 9.17) is 4.74 Å². The highest BCUT2D eigenvalue weighted by molar-refractivity contribution is 6.04. The Morgan fingerprint density at radius 2 is 1.41 bits per heavy atom. The van der Waals surface area contributed by atoms with Crippen molar-refractivity contribution in [3.63, 3.8) is 0 Å². The van der Waals surface area contributed by atoms with Crippen LogP contribution in [0.2, 0.25) is 0 Å². The molecule has 0 unspecified atom stereocenters. The average molecular weight is 431 g/mol. The molecule has 0 bridgehead atoms. The summed E-state index contributed by atoms with van der Waals surface area (Å²) in [5.41, 5.74) is 5.16. The second kappa shape index (κ2) is 9.69. The number of hydrogen-bond donors (Lipinski definition) is 2. The largest absolute Gasteiger partial charge is 0.483 e. The summed E-state index contributed by atoms with van der Waals surface area (Å²) >= 11 is 0. The predicted molar refractivity (Wildman–Crippen MR) is 130 cm³/mol. The normalized spacial score (nSPS) is 11.0. The van der Waals surface area contributed by atoms with Crippen LogP contribution in [-0.2, 0) is 10.2 Å². The molecular weight excluding hydrogens is 400 g/mol. The maximum absolute atomic E-state index is 12.5. The number of rotatable bonds is 6. The Balaban J connectivity index is 1.53. The Hall–Kier alpha value is -3.60. The van der Waals surface area contributed by atoms with Crippen molar-refractivity contribution in [1.29, 1.82) is 0 Å². The lowest BCUT2D eigenvalue weighted by Gasteiger charge is -2.19. The van der Waals surface area contributed by atoms with Crippen molar-refractivity contribution in [3.05, 3.63) is 89.0 Å². The van der Waals surface area contributed by atoms with Crippen LogP contribution in [-0.4, -0.2) is 18.4 Å². The van der Waals surface area contributed by atoms with E-state index in [1.165, 1.54) is 5.56 Å². The van der Waals surface area contributed by atoms with Gasteiger partial charge in [0.2, 0.25) is 0 Å². The van der Waals surface area contributed by atoms with Crippen molar-refractivity contribution < 1.29 is 14.3 Å². The second-order valence-corrected chi connectivity index (χ2v) is 8.96. The van der Waals surface area contributed by atoms with Gasteiger partial charge in [0.25, 0.3) is 11.8 Å². The molecule has 0 aliphatic heterocycles. The number of carbonyl (C=O) groups is 2. The zero-order valence-corrected chi connectivity index (χ0v) is 19.3. The summed E-state index contributed by atoms with van der Waals surface area (Å²) in [6, 6.07) is 20.5. The first-order valence-corrected chi connectivity index (χ1v) is 10.6. The van der Waals surface area contributed by atoms with E-state index in [0.717, 1.165) is 11.1 Å². The minimum Gasteiger partial charge on any atom is -0.483 e. The highest BCUT2D eigenvalue weighted by Gasteiger charge is 2.14. The van der Waals surface area contributed by atoms with Gasteiger partial charge in [0.1, 0.15) is 5.75 Å². The van der Waals surface area contributed by atoms with Crippen LogP contribution >= 0.6 is 0 Å². The first-order valence-electron chi connectivity index (χ1n) is 10.6. The molecule has 166 valence electrons. The molecule has 0 aliphatic rings. The van der Waals surface area contributed by atoms with E-state index in [1.807, 2.05) is 56.3 Å². The van der Waals surface area contributed by atoms with Crippen molar-refractivity contribution >= 4 is 23.2 Å². The van der Waals surface area contributed by atoms with Gasteiger partial charge in [-0.15, -0.1) is 0 Å². The zero-order chi connectivity index (χ0) is 23.3. The summed E-state index contributed by atoms with van der Waals surface area (Å²) in [7, 11) is 0. The standard InChI is InChI=1S/C27H30N2O3/c1-18-6-7-19(2)24(16-18)32-17-25(30)28-22-12-14-23(15-13-22)29-26(31)20-8-10-21(11-9-20)27(3,4)5/h6-16H,17H2,1-5H3,(H,28,30)(H,29,31). The number of amides is 2. The van der Waals surface area contributed by atoms with E-state index in [1.54, 1.807) is 24.3 Å². The number of nitrogens with one attached hydrogen (secondary N) is 2. The SMILES string of the molecule is Cc1ccc(C)c(OCC(=O)Nc2ccc(NC(=O)c3ccc(C(C)(C)C)cc3)cc2)c1. The number of benzene rings is 3. The summed E-state index contributed by atoms with van der Waals surface area (Å²) in [4.78, 5) is 24.7. The highest BCUT2D eigenvalue weighted by Crippen LogP contribution is 2.23. The lowest BCUT2D eigenvalue weighted by Crippen LogP contribution is -2.20. The summed E-state index contributed by atoms with van der Waals surface area (Å²) in [5, 5.41) is 5.68. The van der Waals surface area contributed by atoms with Crippen molar-refractivity contribution in [2.75, 3.05) is 17.2 Å². The Labute approximate surface area is 189 Å². The summed E-state index contributed by atoms with van der Waals surface area (Å²) in [6.07, 6.45) is 0. The van der Waals surface area contributed by atoms with E-state index in [9.17, 15) is 9.59 Å². The third-order valence-corrected chi connectivity index (χ3v) is 5.14. The lowest BCUT2D eigenvalue weighted by molar-refractivity contribution is -0.118. The molecule has 0 atom stereocenters. The van der Waals surface area contributed by atoms with Gasteiger partial charge in [-0.1, -0.05) is 45.0 Å². The van der Waals surface area contributed by atoms with Crippen LogP contribution in [0.5, 0.6) is 5.75 Å². The van der Waals surface area contributed by atoms with Gasteiger partial charge in [-0.05, 0) is 78.4 Å². The minimum absolute atomic E-state index is 0.0409. The summed E-state index contributed by atoms with van der Waals surface area (Å²) < 4.78 is 5.64. The molecule has 2 N–H and O–H groups in total. The third kappa shape index (κ3) is 6.20. The van der Waals surface area contributed by atoms with Crippen molar-refractivity contribution in [2.24, 2.45) is 0 Å². The Kier molecular flexibility index (Phi) is 6.98. The van der Waals surface area contributed by atoms with Crippen LogP contribution in [0.25, 0.3) is 0 Å². The van der Waals surface area contributed by atoms with Crippen LogP contribution in [0.1, 0.15) is 47.8 Å². The predicted octanol–water partition coefficient (Wildman–Crippen LogP) is 5.87. The van der Waals surface area contributed by atoms with E-state index < -0.39 is 0 Å². The fourth-order valence-electron chi connectivity index (χ4n) is 3.16. The van der Waals surface area contributed by atoms with Crippen molar-refractivity contribution in [1.82, 2.24) is 0 Å². The van der Waals surface area contributed by atoms with Gasteiger partial charge >= 0.3 is 0 Å². The maximum Gasteiger partial charge on any atom is 0.262 e. The van der Waals surface area contributed by atoms with E-state index in [0.29, 0.717) is 22.7 Å². The van der Waals surface area contributed by atoms with Gasteiger partial charge in [0.15, 0.2) is 6.61 Å². The molecule has 2 amide bonds. The first-order chi connectivity index (χ1) is 15.1. The Morgan fingerprint density at radius 3 is 2.00 bits per heavy atom. The molecule has 0 fully saturated rings. The van der Waals surface area contributed by atoms with Gasteiger partial charge in [-0.3, -0.25) is 9.59 Å². The maximum atomic E-state index is 12.5. The monoisotopic (exact) mass is 430 g/mol. The average Bonchev–Trinajstić information content (AvgIpc) is 2.75. The number of carbonyl (C=O) groups excluding carboxylic acids is 2. The molecule has 0 spiro atoms. The first kappa shape index (κ1) is 23.1. The summed E-state index contributed by atoms with van der Waals surface area (Å²) in [6.45, 7) is 10.3. The Morgan fingerprint density at radius 1 is 0.812 bits per heavy atom. The molecule has 3 aromatic rings. The fraction of sp³-hybridized carbons (Fsp3) is 0.259. The van der Waals surface area contributed by atoms with E-state index in [-0.39, 0.29) is 23.8 Å². The van der Waals surface area contributed by atoms with Crippen LogP contribution < -0.4 is 15.4 Å². The van der Waals surface area contributed by atoms with E-state index in [2.05, 4.69) is 31.4 Å². The molecule has 0 saturated heterocycles. The molecule has 5 heteroatoms. The van der Waals surface area contributed by atoms with Crippen molar-refractivity contribution in [2.45, 2.75) is 40.0 Å². The fourth-order valence-corrected chi connectivity index (χ4v) is 3.16. The van der Waals surface area contributed by atoms with Crippen LogP contribution in [0.4, 0.5) is 11.4 Å². The lowest BCUT2D eigenvalue weighted by atomic mass is 9.87. The van der Waals surface area contributed by atoms with Gasteiger partial charge in [-0.25, -0.2) is 0 Å². The third-order valence-electron chi connectivity index (χ3n) is 5.14. The van der Waals surface area contributed by atoms with Gasteiger partial charge in [0, 0.05) is 16.9 Å². The molecule has 5 nitrogen and oxygen atoms in total. The molecule has 3 aromatic carbocycles.